The Balaban J connectivity index is 1.57. The fraction of sp³-hybridized carbons (Fsp3) is 0.227. The van der Waals surface area contributed by atoms with Gasteiger partial charge in [-0.15, -0.1) is 0 Å². The number of rotatable bonds is 7. The molecular weight excluding hydrogens is 436 g/mol. The SMILES string of the molecule is Cc1nc(-c2ccccc2)sc1NC(=O)CC(C)CC(=O)c1ccc(Br)cc1. The van der Waals surface area contributed by atoms with Crippen molar-refractivity contribution in [2.24, 2.45) is 5.92 Å². The Morgan fingerprint density at radius 3 is 2.43 bits per heavy atom. The summed E-state index contributed by atoms with van der Waals surface area (Å²) in [5.74, 6) is -0.0893. The van der Waals surface area contributed by atoms with Gasteiger partial charge in [-0.05, 0) is 25.0 Å². The lowest BCUT2D eigenvalue weighted by Gasteiger charge is -2.10. The minimum atomic E-state index is -0.0949. The number of Topliss-reactive ketones (excluding diaryl/α,β-unsaturated/α-hetero) is 1. The van der Waals surface area contributed by atoms with Crippen LogP contribution in [0.25, 0.3) is 10.6 Å². The molecule has 144 valence electrons. The zero-order valence-corrected chi connectivity index (χ0v) is 18.1. The summed E-state index contributed by atoms with van der Waals surface area (Å²) in [5, 5.41) is 4.59. The average Bonchev–Trinajstić information content (AvgIpc) is 3.03. The van der Waals surface area contributed by atoms with Crippen molar-refractivity contribution >= 4 is 44.0 Å². The molecule has 2 aromatic carbocycles. The van der Waals surface area contributed by atoms with E-state index in [-0.39, 0.29) is 17.6 Å². The van der Waals surface area contributed by atoms with E-state index in [4.69, 9.17) is 0 Å². The smallest absolute Gasteiger partial charge is 0.225 e. The number of thiazole rings is 1. The summed E-state index contributed by atoms with van der Waals surface area (Å²) in [5.41, 5.74) is 2.50. The molecule has 0 saturated carbocycles. The topological polar surface area (TPSA) is 59.1 Å². The third kappa shape index (κ3) is 5.36. The van der Waals surface area contributed by atoms with E-state index in [0.717, 1.165) is 25.7 Å². The van der Waals surface area contributed by atoms with E-state index >= 15 is 0 Å². The fourth-order valence-electron chi connectivity index (χ4n) is 2.85. The summed E-state index contributed by atoms with van der Waals surface area (Å²) in [4.78, 5) is 29.4. The van der Waals surface area contributed by atoms with E-state index < -0.39 is 0 Å². The molecule has 0 spiro atoms. The zero-order valence-electron chi connectivity index (χ0n) is 15.7. The summed E-state index contributed by atoms with van der Waals surface area (Å²) in [6, 6.07) is 17.2. The van der Waals surface area contributed by atoms with Crippen molar-refractivity contribution in [2.45, 2.75) is 26.7 Å². The average molecular weight is 457 g/mol. The number of carbonyl (C=O) groups excluding carboxylic acids is 2. The molecule has 28 heavy (non-hydrogen) atoms. The summed E-state index contributed by atoms with van der Waals surface area (Å²) >= 11 is 4.83. The van der Waals surface area contributed by atoms with Gasteiger partial charge < -0.3 is 5.32 Å². The van der Waals surface area contributed by atoms with Crippen LogP contribution in [0.5, 0.6) is 0 Å². The van der Waals surface area contributed by atoms with Gasteiger partial charge >= 0.3 is 0 Å². The Kier molecular flexibility index (Phi) is 6.75. The number of hydrogen-bond donors (Lipinski definition) is 1. The maximum absolute atomic E-state index is 12.4. The second-order valence-electron chi connectivity index (χ2n) is 6.79. The van der Waals surface area contributed by atoms with Gasteiger partial charge in [-0.2, -0.15) is 0 Å². The maximum Gasteiger partial charge on any atom is 0.225 e. The first-order valence-corrected chi connectivity index (χ1v) is 10.6. The summed E-state index contributed by atoms with van der Waals surface area (Å²) in [6.45, 7) is 3.81. The molecule has 0 radical (unpaired) electrons. The Labute approximate surface area is 177 Å². The molecule has 1 N–H and O–H groups in total. The number of halogens is 1. The first-order chi connectivity index (χ1) is 13.4. The summed E-state index contributed by atoms with van der Waals surface area (Å²) in [7, 11) is 0. The molecule has 6 heteroatoms. The Morgan fingerprint density at radius 2 is 1.75 bits per heavy atom. The number of aryl methyl sites for hydroxylation is 1. The van der Waals surface area contributed by atoms with Crippen molar-refractivity contribution < 1.29 is 9.59 Å². The third-order valence-electron chi connectivity index (χ3n) is 4.30. The molecule has 1 amide bonds. The summed E-state index contributed by atoms with van der Waals surface area (Å²) < 4.78 is 0.936. The van der Waals surface area contributed by atoms with E-state index in [0.29, 0.717) is 18.4 Å². The van der Waals surface area contributed by atoms with Crippen LogP contribution >= 0.6 is 27.3 Å². The first-order valence-electron chi connectivity index (χ1n) is 9.04. The monoisotopic (exact) mass is 456 g/mol. The Hall–Kier alpha value is -2.31. The van der Waals surface area contributed by atoms with Gasteiger partial charge in [0.15, 0.2) is 5.78 Å². The number of carbonyl (C=O) groups is 2. The number of ketones is 1. The Morgan fingerprint density at radius 1 is 1.07 bits per heavy atom. The lowest BCUT2D eigenvalue weighted by molar-refractivity contribution is -0.116. The number of nitrogens with one attached hydrogen (secondary N) is 1. The van der Waals surface area contributed by atoms with E-state index in [1.54, 1.807) is 12.1 Å². The third-order valence-corrected chi connectivity index (χ3v) is 5.95. The van der Waals surface area contributed by atoms with Crippen LogP contribution < -0.4 is 5.32 Å². The van der Waals surface area contributed by atoms with Crippen LogP contribution in [0, 0.1) is 12.8 Å². The van der Waals surface area contributed by atoms with Crippen LogP contribution in [0.1, 0.15) is 35.8 Å². The minimum absolute atomic E-state index is 0.0435. The van der Waals surface area contributed by atoms with Crippen LogP contribution in [0.3, 0.4) is 0 Å². The predicted molar refractivity (Wildman–Crippen MR) is 118 cm³/mol. The predicted octanol–water partition coefficient (Wildman–Crippen LogP) is 6.12. The highest BCUT2D eigenvalue weighted by Gasteiger charge is 2.17. The van der Waals surface area contributed by atoms with Crippen LogP contribution in [-0.2, 0) is 4.79 Å². The molecule has 1 heterocycles. The minimum Gasteiger partial charge on any atom is -0.316 e. The van der Waals surface area contributed by atoms with E-state index in [9.17, 15) is 9.59 Å². The zero-order chi connectivity index (χ0) is 20.1. The van der Waals surface area contributed by atoms with Gasteiger partial charge in [0.25, 0.3) is 0 Å². The molecule has 0 aliphatic carbocycles. The van der Waals surface area contributed by atoms with Gasteiger partial charge in [0.1, 0.15) is 10.0 Å². The normalized spacial score (nSPS) is 11.8. The molecule has 0 fully saturated rings. The van der Waals surface area contributed by atoms with Crippen molar-refractivity contribution in [2.75, 3.05) is 5.32 Å². The highest BCUT2D eigenvalue weighted by molar-refractivity contribution is 9.10. The van der Waals surface area contributed by atoms with E-state index in [2.05, 4.69) is 26.2 Å². The molecule has 3 rings (SSSR count). The number of aromatic nitrogens is 1. The molecule has 1 unspecified atom stereocenters. The van der Waals surface area contributed by atoms with Crippen molar-refractivity contribution in [1.29, 1.82) is 0 Å². The molecule has 3 aromatic rings. The van der Waals surface area contributed by atoms with Crippen molar-refractivity contribution in [3.8, 4) is 10.6 Å². The highest BCUT2D eigenvalue weighted by Crippen LogP contribution is 2.31. The lowest BCUT2D eigenvalue weighted by atomic mass is 9.97. The molecular formula is C22H21BrN2O2S. The largest absolute Gasteiger partial charge is 0.316 e. The molecule has 1 aromatic heterocycles. The van der Waals surface area contributed by atoms with Crippen LogP contribution in [0.15, 0.2) is 59.1 Å². The fourth-order valence-corrected chi connectivity index (χ4v) is 4.11. The van der Waals surface area contributed by atoms with Crippen LogP contribution in [-0.4, -0.2) is 16.7 Å². The van der Waals surface area contributed by atoms with Crippen LogP contribution in [0.4, 0.5) is 5.00 Å². The van der Waals surface area contributed by atoms with Gasteiger partial charge in [0, 0.05) is 28.4 Å². The van der Waals surface area contributed by atoms with Crippen molar-refractivity contribution in [1.82, 2.24) is 4.98 Å². The second-order valence-corrected chi connectivity index (χ2v) is 8.71. The number of anilines is 1. The first kappa shape index (κ1) is 20.4. The van der Waals surface area contributed by atoms with Crippen LogP contribution in [0.2, 0.25) is 0 Å². The van der Waals surface area contributed by atoms with E-state index in [1.165, 1.54) is 11.3 Å². The van der Waals surface area contributed by atoms with E-state index in [1.807, 2.05) is 56.3 Å². The van der Waals surface area contributed by atoms with Gasteiger partial charge in [0.2, 0.25) is 5.91 Å². The molecule has 1 atom stereocenters. The standard InChI is InChI=1S/C22H21BrN2O2S/c1-14(12-19(26)16-8-10-18(23)11-9-16)13-20(27)25-21-15(2)24-22(28-21)17-6-4-3-5-7-17/h3-11,14H,12-13H2,1-2H3,(H,25,27). The Bertz CT molecular complexity index is 968. The molecule has 0 aliphatic rings. The lowest BCUT2D eigenvalue weighted by Crippen LogP contribution is -2.17. The molecule has 4 nitrogen and oxygen atoms in total. The highest BCUT2D eigenvalue weighted by atomic mass is 79.9. The number of benzene rings is 2. The van der Waals surface area contributed by atoms with Gasteiger partial charge in [0.05, 0.1) is 5.69 Å². The quantitative estimate of drug-likeness (QED) is 0.435. The molecule has 0 aliphatic heterocycles. The number of hydrogen-bond acceptors (Lipinski definition) is 4. The van der Waals surface area contributed by atoms with Gasteiger partial charge in [-0.1, -0.05) is 76.7 Å². The van der Waals surface area contributed by atoms with Gasteiger partial charge in [-0.3, -0.25) is 9.59 Å². The number of nitrogens with zero attached hydrogens (tertiary/aromatic N) is 1. The number of amides is 1. The van der Waals surface area contributed by atoms with Crippen molar-refractivity contribution in [3.63, 3.8) is 0 Å². The van der Waals surface area contributed by atoms with Crippen molar-refractivity contribution in [3.05, 3.63) is 70.3 Å². The summed E-state index contributed by atoms with van der Waals surface area (Å²) in [6.07, 6.45) is 0.631. The molecule has 0 saturated heterocycles. The maximum atomic E-state index is 12.4. The second kappa shape index (κ2) is 9.26. The molecule has 0 bridgehead atoms. The van der Waals surface area contributed by atoms with Gasteiger partial charge in [-0.25, -0.2) is 4.98 Å².